The van der Waals surface area contributed by atoms with Crippen LogP contribution in [0.25, 0.3) is 0 Å². The zero-order chi connectivity index (χ0) is 12.7. The van der Waals surface area contributed by atoms with Crippen LogP contribution in [0.15, 0.2) is 6.20 Å². The molecule has 0 aliphatic heterocycles. The fourth-order valence-electron chi connectivity index (χ4n) is 1.61. The van der Waals surface area contributed by atoms with Gasteiger partial charge in [0.25, 0.3) is 0 Å². The monoisotopic (exact) mass is 239 g/mol. The Morgan fingerprint density at radius 3 is 2.76 bits per heavy atom. The van der Waals surface area contributed by atoms with Crippen LogP contribution in [0.1, 0.15) is 37.9 Å². The van der Waals surface area contributed by atoms with E-state index in [1.165, 1.54) is 11.3 Å². The van der Waals surface area contributed by atoms with Crippen molar-refractivity contribution in [2.75, 3.05) is 13.2 Å². The third-order valence-corrected chi connectivity index (χ3v) is 2.85. The maximum Gasteiger partial charge on any atom is 0.0537 e. The highest BCUT2D eigenvalue weighted by molar-refractivity contribution is 5.15. The van der Waals surface area contributed by atoms with Gasteiger partial charge in [-0.05, 0) is 40.2 Å². The second-order valence-electron chi connectivity index (χ2n) is 4.68. The van der Waals surface area contributed by atoms with Gasteiger partial charge < -0.3 is 10.1 Å². The molecule has 0 radical (unpaired) electrons. The first kappa shape index (κ1) is 14.2. The van der Waals surface area contributed by atoms with Crippen molar-refractivity contribution in [3.05, 3.63) is 17.5 Å². The number of unbranched alkanes of at least 4 members (excludes halogenated alkanes) is 1. The number of hydrogen-bond acceptors (Lipinski definition) is 3. The van der Waals surface area contributed by atoms with Gasteiger partial charge in [0.2, 0.25) is 0 Å². The van der Waals surface area contributed by atoms with Crippen molar-refractivity contribution in [2.45, 2.75) is 46.3 Å². The first-order valence-corrected chi connectivity index (χ1v) is 6.41. The lowest BCUT2D eigenvalue weighted by molar-refractivity contribution is 0.0760. The van der Waals surface area contributed by atoms with Crippen LogP contribution in [-0.2, 0) is 18.3 Å². The van der Waals surface area contributed by atoms with E-state index in [1.807, 2.05) is 17.9 Å². The molecule has 0 unspecified atom stereocenters. The summed E-state index contributed by atoms with van der Waals surface area (Å²) in [6.07, 6.45) is 4.56. The SMILES string of the molecule is Cc1c(CNCCCCOC(C)C)cnn1C. The molecular weight excluding hydrogens is 214 g/mol. The highest BCUT2D eigenvalue weighted by Gasteiger charge is 2.02. The summed E-state index contributed by atoms with van der Waals surface area (Å²) in [5.74, 6) is 0. The van der Waals surface area contributed by atoms with Crippen LogP contribution < -0.4 is 5.32 Å². The predicted octanol–water partition coefficient (Wildman–Crippen LogP) is 2.02. The van der Waals surface area contributed by atoms with Gasteiger partial charge in [-0.1, -0.05) is 0 Å². The van der Waals surface area contributed by atoms with Crippen LogP contribution in [-0.4, -0.2) is 29.0 Å². The van der Waals surface area contributed by atoms with E-state index in [-0.39, 0.29) is 0 Å². The molecule has 17 heavy (non-hydrogen) atoms. The number of aromatic nitrogens is 2. The summed E-state index contributed by atoms with van der Waals surface area (Å²) in [4.78, 5) is 0. The Morgan fingerprint density at radius 1 is 1.41 bits per heavy atom. The Balaban J connectivity index is 2.03. The molecule has 0 aromatic carbocycles. The van der Waals surface area contributed by atoms with E-state index in [4.69, 9.17) is 4.74 Å². The van der Waals surface area contributed by atoms with E-state index in [0.29, 0.717) is 6.10 Å². The van der Waals surface area contributed by atoms with Gasteiger partial charge in [0.15, 0.2) is 0 Å². The molecule has 1 heterocycles. The van der Waals surface area contributed by atoms with Gasteiger partial charge >= 0.3 is 0 Å². The Kier molecular flexibility index (Phi) is 6.22. The summed E-state index contributed by atoms with van der Waals surface area (Å²) in [5, 5.41) is 7.66. The first-order valence-electron chi connectivity index (χ1n) is 6.41. The lowest BCUT2D eigenvalue weighted by atomic mass is 10.2. The molecule has 1 N–H and O–H groups in total. The molecular formula is C13H25N3O. The minimum Gasteiger partial charge on any atom is -0.379 e. The topological polar surface area (TPSA) is 39.1 Å². The summed E-state index contributed by atoms with van der Waals surface area (Å²) in [7, 11) is 1.97. The molecule has 0 bridgehead atoms. The van der Waals surface area contributed by atoms with Crippen molar-refractivity contribution >= 4 is 0 Å². The third-order valence-electron chi connectivity index (χ3n) is 2.85. The van der Waals surface area contributed by atoms with Crippen LogP contribution in [0.2, 0.25) is 0 Å². The van der Waals surface area contributed by atoms with Gasteiger partial charge in [-0.15, -0.1) is 0 Å². The van der Waals surface area contributed by atoms with Crippen LogP contribution in [0.3, 0.4) is 0 Å². The van der Waals surface area contributed by atoms with Crippen LogP contribution in [0.4, 0.5) is 0 Å². The molecule has 0 amide bonds. The normalized spacial score (nSPS) is 11.4. The minimum absolute atomic E-state index is 0.348. The summed E-state index contributed by atoms with van der Waals surface area (Å²) in [6.45, 7) is 9.05. The zero-order valence-corrected chi connectivity index (χ0v) is 11.5. The molecule has 1 rings (SSSR count). The average molecular weight is 239 g/mol. The standard InChI is InChI=1S/C13H25N3O/c1-11(2)17-8-6-5-7-14-9-13-10-15-16(4)12(13)3/h10-11,14H,5-9H2,1-4H3. The molecule has 0 aliphatic rings. The van der Waals surface area contributed by atoms with Crippen molar-refractivity contribution in [3.8, 4) is 0 Å². The Labute approximate surface area is 104 Å². The van der Waals surface area contributed by atoms with Gasteiger partial charge in [0.1, 0.15) is 0 Å². The van der Waals surface area contributed by atoms with Crippen LogP contribution >= 0.6 is 0 Å². The molecule has 0 fully saturated rings. The lowest BCUT2D eigenvalue weighted by Gasteiger charge is -2.07. The number of aryl methyl sites for hydroxylation is 1. The molecule has 0 saturated carbocycles. The number of nitrogens with one attached hydrogen (secondary N) is 1. The Morgan fingerprint density at radius 2 is 2.18 bits per heavy atom. The van der Waals surface area contributed by atoms with Crippen molar-refractivity contribution in [2.24, 2.45) is 7.05 Å². The van der Waals surface area contributed by atoms with Gasteiger partial charge in [0, 0.05) is 31.5 Å². The largest absolute Gasteiger partial charge is 0.379 e. The van der Waals surface area contributed by atoms with Crippen LogP contribution in [0.5, 0.6) is 0 Å². The van der Waals surface area contributed by atoms with Gasteiger partial charge in [-0.25, -0.2) is 0 Å². The predicted molar refractivity (Wildman–Crippen MR) is 70.0 cm³/mol. The Bertz CT molecular complexity index is 320. The zero-order valence-electron chi connectivity index (χ0n) is 11.5. The fraction of sp³-hybridized carbons (Fsp3) is 0.769. The number of nitrogens with zero attached hydrogens (tertiary/aromatic N) is 2. The van der Waals surface area contributed by atoms with Gasteiger partial charge in [-0.3, -0.25) is 4.68 Å². The van der Waals surface area contributed by atoms with Crippen molar-refractivity contribution in [1.82, 2.24) is 15.1 Å². The third kappa shape index (κ3) is 5.33. The number of ether oxygens (including phenoxy) is 1. The summed E-state index contributed by atoms with van der Waals surface area (Å²) >= 11 is 0. The molecule has 4 nitrogen and oxygen atoms in total. The maximum atomic E-state index is 5.49. The summed E-state index contributed by atoms with van der Waals surface area (Å²) in [6, 6.07) is 0. The quantitative estimate of drug-likeness (QED) is 0.705. The van der Waals surface area contributed by atoms with Crippen molar-refractivity contribution < 1.29 is 4.74 Å². The summed E-state index contributed by atoms with van der Waals surface area (Å²) in [5.41, 5.74) is 2.52. The van der Waals surface area contributed by atoms with E-state index in [9.17, 15) is 0 Å². The Hall–Kier alpha value is -0.870. The average Bonchev–Trinajstić information content (AvgIpc) is 2.59. The molecule has 4 heteroatoms. The van der Waals surface area contributed by atoms with E-state index in [1.54, 1.807) is 0 Å². The molecule has 98 valence electrons. The highest BCUT2D eigenvalue weighted by Crippen LogP contribution is 2.04. The molecule has 1 aromatic rings. The summed E-state index contributed by atoms with van der Waals surface area (Å²) < 4.78 is 7.40. The number of rotatable bonds is 8. The second-order valence-corrected chi connectivity index (χ2v) is 4.68. The molecule has 0 saturated heterocycles. The van der Waals surface area contributed by atoms with E-state index in [0.717, 1.165) is 32.5 Å². The minimum atomic E-state index is 0.348. The van der Waals surface area contributed by atoms with Gasteiger partial charge in [0.05, 0.1) is 12.3 Å². The van der Waals surface area contributed by atoms with E-state index in [2.05, 4.69) is 31.2 Å². The van der Waals surface area contributed by atoms with E-state index < -0.39 is 0 Å². The van der Waals surface area contributed by atoms with Crippen molar-refractivity contribution in [1.29, 1.82) is 0 Å². The first-order chi connectivity index (χ1) is 8.11. The lowest BCUT2D eigenvalue weighted by Crippen LogP contribution is -2.16. The maximum absolute atomic E-state index is 5.49. The number of hydrogen-bond donors (Lipinski definition) is 1. The molecule has 0 spiro atoms. The molecule has 0 aliphatic carbocycles. The van der Waals surface area contributed by atoms with Crippen LogP contribution in [0, 0.1) is 6.92 Å². The molecule has 0 atom stereocenters. The smallest absolute Gasteiger partial charge is 0.0537 e. The second kappa shape index (κ2) is 7.45. The van der Waals surface area contributed by atoms with E-state index >= 15 is 0 Å². The highest BCUT2D eigenvalue weighted by atomic mass is 16.5. The fourth-order valence-corrected chi connectivity index (χ4v) is 1.61. The van der Waals surface area contributed by atoms with Crippen molar-refractivity contribution in [3.63, 3.8) is 0 Å². The molecule has 1 aromatic heterocycles. The van der Waals surface area contributed by atoms with Gasteiger partial charge in [-0.2, -0.15) is 5.10 Å².